The molecule has 3 aliphatic heterocycles. The summed E-state index contributed by atoms with van der Waals surface area (Å²) in [4.78, 5) is 11.8. The quantitative estimate of drug-likeness (QED) is 0.132. The highest BCUT2D eigenvalue weighted by Crippen LogP contribution is 2.33. The van der Waals surface area contributed by atoms with E-state index >= 15 is 0 Å². The Kier molecular flexibility index (Phi) is 11.2. The van der Waals surface area contributed by atoms with E-state index in [1.807, 2.05) is 0 Å². The van der Waals surface area contributed by atoms with Crippen LogP contribution in [0.15, 0.2) is 0 Å². The van der Waals surface area contributed by atoms with Crippen LogP contribution in [-0.4, -0.2) is 161 Å². The summed E-state index contributed by atoms with van der Waals surface area (Å²) in [6.45, 7) is 1.34. The zero-order valence-electron chi connectivity index (χ0n) is 21.5. The van der Waals surface area contributed by atoms with Gasteiger partial charge in [-0.2, -0.15) is 0 Å². The Hall–Kier alpha value is -1.09. The minimum Gasteiger partial charge on any atom is -0.394 e. The van der Waals surface area contributed by atoms with Crippen LogP contribution in [0.3, 0.4) is 0 Å². The van der Waals surface area contributed by atoms with Crippen LogP contribution < -0.4 is 5.32 Å². The summed E-state index contributed by atoms with van der Waals surface area (Å²) >= 11 is 0. The van der Waals surface area contributed by atoms with Gasteiger partial charge in [0.25, 0.3) is 0 Å². The van der Waals surface area contributed by atoms with E-state index in [1.165, 1.54) is 21.1 Å². The van der Waals surface area contributed by atoms with Gasteiger partial charge >= 0.3 is 0 Å². The van der Waals surface area contributed by atoms with Gasteiger partial charge < -0.3 is 74.2 Å². The molecule has 8 N–H and O–H groups in total. The first kappa shape index (κ1) is 31.4. The molecular weight excluding hydrogens is 518 g/mol. The standard InChI is InChI=1S/C22H39NO15/c1-7-12(27)14(29)18(33-4)21(34-7)38-19-15(30)16(32-3)10(6-25)36-22(19)37-17-11(23-8(2)26)20(31)35-9(5-24)13(17)28/h7,9-22,24-25,27-31H,5-6H2,1-4H3,(H,23,26)/t7-,9-,10-,11-,12+,13+,14+,15+,16+,17-,18-,19-,20?,21-,22+/m1/s1. The zero-order chi connectivity index (χ0) is 28.3. The minimum atomic E-state index is -1.70. The van der Waals surface area contributed by atoms with Crippen LogP contribution in [0.4, 0.5) is 0 Å². The van der Waals surface area contributed by atoms with E-state index in [0.717, 1.165) is 6.92 Å². The molecule has 0 aromatic carbocycles. The lowest BCUT2D eigenvalue weighted by Gasteiger charge is -2.49. The molecular formula is C22H39NO15. The van der Waals surface area contributed by atoms with Gasteiger partial charge in [-0.3, -0.25) is 4.79 Å². The van der Waals surface area contributed by atoms with Gasteiger partial charge in [0, 0.05) is 21.1 Å². The lowest BCUT2D eigenvalue weighted by Crippen LogP contribution is -2.68. The van der Waals surface area contributed by atoms with E-state index in [0.29, 0.717) is 0 Å². The first-order valence-electron chi connectivity index (χ1n) is 12.2. The molecule has 0 saturated carbocycles. The van der Waals surface area contributed by atoms with Gasteiger partial charge in [-0.15, -0.1) is 0 Å². The lowest BCUT2D eigenvalue weighted by atomic mass is 9.95. The normalized spacial score (nSPS) is 48.0. The van der Waals surface area contributed by atoms with Crippen molar-refractivity contribution in [2.75, 3.05) is 27.4 Å². The molecule has 0 aliphatic carbocycles. The largest absolute Gasteiger partial charge is 0.394 e. The maximum Gasteiger partial charge on any atom is 0.217 e. The fourth-order valence-corrected chi connectivity index (χ4v) is 4.89. The Morgan fingerprint density at radius 3 is 1.87 bits per heavy atom. The van der Waals surface area contributed by atoms with Crippen LogP contribution in [0, 0.1) is 0 Å². The van der Waals surface area contributed by atoms with Gasteiger partial charge in [-0.05, 0) is 6.92 Å². The molecule has 0 aromatic heterocycles. The molecule has 222 valence electrons. The topological polar surface area (TPSA) is 235 Å². The van der Waals surface area contributed by atoms with E-state index in [-0.39, 0.29) is 0 Å². The molecule has 16 nitrogen and oxygen atoms in total. The number of carbonyl (C=O) groups excluding carboxylic acids is 1. The number of hydrogen-bond acceptors (Lipinski definition) is 15. The van der Waals surface area contributed by atoms with Crippen LogP contribution in [0.5, 0.6) is 0 Å². The summed E-state index contributed by atoms with van der Waals surface area (Å²) in [5, 5.41) is 74.9. The highest BCUT2D eigenvalue weighted by molar-refractivity contribution is 5.73. The van der Waals surface area contributed by atoms with Crippen LogP contribution in [0.25, 0.3) is 0 Å². The fraction of sp³-hybridized carbons (Fsp3) is 0.955. The SMILES string of the molecule is CO[C@@H]1[C@H](O)[C@@H](O[C@H]2O[C@H](C)[C@H](O)[C@H](O)[C@H]2OC)[C@H](O[C@H]2[C@@H](O)[C@@H](CO)OC(O)[C@@H]2NC(C)=O)O[C@@H]1CO. The average Bonchev–Trinajstić information content (AvgIpc) is 2.88. The lowest BCUT2D eigenvalue weighted by molar-refractivity contribution is -0.382. The number of aliphatic hydroxyl groups excluding tert-OH is 7. The third kappa shape index (κ3) is 6.45. The molecule has 15 atom stereocenters. The maximum absolute atomic E-state index is 11.8. The second kappa shape index (κ2) is 13.5. The summed E-state index contributed by atoms with van der Waals surface area (Å²) in [6, 6.07) is -1.34. The number of amides is 1. The van der Waals surface area contributed by atoms with Crippen molar-refractivity contribution in [2.45, 2.75) is 106 Å². The summed E-state index contributed by atoms with van der Waals surface area (Å²) < 4.78 is 39.1. The molecule has 3 saturated heterocycles. The van der Waals surface area contributed by atoms with Crippen molar-refractivity contribution in [3.8, 4) is 0 Å². The molecule has 1 amide bonds. The summed E-state index contributed by atoms with van der Waals surface area (Å²) in [5.74, 6) is -0.592. The van der Waals surface area contributed by atoms with Gasteiger partial charge in [0.2, 0.25) is 5.91 Å². The predicted molar refractivity (Wildman–Crippen MR) is 121 cm³/mol. The zero-order valence-corrected chi connectivity index (χ0v) is 21.5. The molecule has 3 aliphatic rings. The van der Waals surface area contributed by atoms with Crippen molar-refractivity contribution >= 4 is 5.91 Å². The van der Waals surface area contributed by atoms with Crippen molar-refractivity contribution in [1.82, 2.24) is 5.32 Å². The molecule has 3 fully saturated rings. The van der Waals surface area contributed by atoms with Gasteiger partial charge in [-0.25, -0.2) is 0 Å². The maximum atomic E-state index is 11.8. The van der Waals surface area contributed by atoms with Gasteiger partial charge in [-0.1, -0.05) is 0 Å². The van der Waals surface area contributed by atoms with Crippen LogP contribution in [0.1, 0.15) is 13.8 Å². The van der Waals surface area contributed by atoms with Gasteiger partial charge in [0.05, 0.1) is 19.3 Å². The van der Waals surface area contributed by atoms with Gasteiger partial charge in [0.1, 0.15) is 67.1 Å². The monoisotopic (exact) mass is 557 g/mol. The number of nitrogens with one attached hydrogen (secondary N) is 1. The van der Waals surface area contributed by atoms with E-state index in [4.69, 9.17) is 33.2 Å². The number of hydrogen-bond donors (Lipinski definition) is 8. The summed E-state index contributed by atoms with van der Waals surface area (Å²) in [6.07, 6.45) is -19.1. The fourth-order valence-electron chi connectivity index (χ4n) is 4.89. The molecule has 1 unspecified atom stereocenters. The molecule has 0 radical (unpaired) electrons. The number of methoxy groups -OCH3 is 2. The molecule has 0 aromatic rings. The van der Waals surface area contributed by atoms with E-state index in [9.17, 15) is 40.5 Å². The van der Waals surface area contributed by atoms with E-state index < -0.39 is 111 Å². The first-order chi connectivity index (χ1) is 18.0. The molecule has 3 rings (SSSR count). The number of ether oxygens (including phenoxy) is 7. The van der Waals surface area contributed by atoms with Crippen molar-refractivity contribution in [1.29, 1.82) is 0 Å². The van der Waals surface area contributed by atoms with Crippen molar-refractivity contribution in [3.63, 3.8) is 0 Å². The Morgan fingerprint density at radius 2 is 1.32 bits per heavy atom. The van der Waals surface area contributed by atoms with Crippen molar-refractivity contribution < 1.29 is 73.7 Å². The van der Waals surface area contributed by atoms with Crippen LogP contribution in [-0.2, 0) is 38.0 Å². The Labute approximate surface area is 218 Å². The molecule has 0 bridgehead atoms. The van der Waals surface area contributed by atoms with Crippen molar-refractivity contribution in [2.24, 2.45) is 0 Å². The molecule has 3 heterocycles. The number of carbonyl (C=O) groups is 1. The second-order valence-corrected chi connectivity index (χ2v) is 9.47. The highest BCUT2D eigenvalue weighted by atomic mass is 16.8. The summed E-state index contributed by atoms with van der Waals surface area (Å²) in [5.41, 5.74) is 0. The van der Waals surface area contributed by atoms with E-state index in [2.05, 4.69) is 5.32 Å². The van der Waals surface area contributed by atoms with Crippen LogP contribution in [0.2, 0.25) is 0 Å². The number of aliphatic hydroxyl groups is 7. The Balaban J connectivity index is 1.93. The van der Waals surface area contributed by atoms with Crippen LogP contribution >= 0.6 is 0 Å². The third-order valence-corrected chi connectivity index (χ3v) is 6.95. The summed E-state index contributed by atoms with van der Waals surface area (Å²) in [7, 11) is 2.53. The van der Waals surface area contributed by atoms with Crippen molar-refractivity contribution in [3.05, 3.63) is 0 Å². The Morgan fingerprint density at radius 1 is 0.737 bits per heavy atom. The smallest absolute Gasteiger partial charge is 0.217 e. The Bertz CT molecular complexity index is 762. The number of rotatable bonds is 9. The van der Waals surface area contributed by atoms with Gasteiger partial charge in [0.15, 0.2) is 18.9 Å². The predicted octanol–water partition coefficient (Wildman–Crippen LogP) is -5.09. The molecule has 38 heavy (non-hydrogen) atoms. The molecule has 0 spiro atoms. The average molecular weight is 558 g/mol. The second-order valence-electron chi connectivity index (χ2n) is 9.47. The molecule has 16 heteroatoms. The van der Waals surface area contributed by atoms with E-state index in [1.54, 1.807) is 0 Å². The minimum absolute atomic E-state index is 0.592. The first-order valence-corrected chi connectivity index (χ1v) is 12.2. The third-order valence-electron chi connectivity index (χ3n) is 6.95. The highest BCUT2D eigenvalue weighted by Gasteiger charge is 2.54.